The second-order valence-electron chi connectivity index (χ2n) is 5.20. The van der Waals surface area contributed by atoms with Gasteiger partial charge < -0.3 is 10.6 Å². The molecule has 0 saturated carbocycles. The van der Waals surface area contributed by atoms with Crippen LogP contribution in [-0.2, 0) is 6.42 Å². The first-order valence-electron chi connectivity index (χ1n) is 7.81. The fourth-order valence-electron chi connectivity index (χ4n) is 2.10. The molecule has 1 aromatic carbocycles. The SMILES string of the molecule is CCCCNC(=O)c1ccc(NCCc2ccccc2)cn1. The summed E-state index contributed by atoms with van der Waals surface area (Å²) in [5.41, 5.74) is 2.70. The first-order chi connectivity index (χ1) is 10.8. The molecule has 4 nitrogen and oxygen atoms in total. The molecule has 1 amide bonds. The van der Waals surface area contributed by atoms with Gasteiger partial charge in [-0.15, -0.1) is 0 Å². The highest BCUT2D eigenvalue weighted by atomic mass is 16.1. The number of carbonyl (C=O) groups is 1. The van der Waals surface area contributed by atoms with Gasteiger partial charge in [0.25, 0.3) is 5.91 Å². The standard InChI is InChI=1S/C18H23N3O/c1-2-3-12-20-18(22)17-10-9-16(14-21-17)19-13-11-15-7-5-4-6-8-15/h4-10,14,19H,2-3,11-13H2,1H3,(H,20,22). The van der Waals surface area contributed by atoms with Crippen molar-refractivity contribution < 1.29 is 4.79 Å². The summed E-state index contributed by atoms with van der Waals surface area (Å²) in [5.74, 6) is -0.107. The summed E-state index contributed by atoms with van der Waals surface area (Å²) in [6.45, 7) is 3.64. The topological polar surface area (TPSA) is 54.0 Å². The zero-order valence-corrected chi connectivity index (χ0v) is 13.0. The van der Waals surface area contributed by atoms with Crippen LogP contribution in [0.15, 0.2) is 48.7 Å². The summed E-state index contributed by atoms with van der Waals surface area (Å²) < 4.78 is 0. The van der Waals surface area contributed by atoms with Crippen LogP contribution in [0.4, 0.5) is 5.69 Å². The molecule has 1 heterocycles. The van der Waals surface area contributed by atoms with Crippen LogP contribution in [0, 0.1) is 0 Å². The molecule has 0 bridgehead atoms. The van der Waals surface area contributed by atoms with E-state index < -0.39 is 0 Å². The van der Waals surface area contributed by atoms with E-state index in [4.69, 9.17) is 0 Å². The van der Waals surface area contributed by atoms with Crippen LogP contribution < -0.4 is 10.6 Å². The van der Waals surface area contributed by atoms with Gasteiger partial charge in [-0.05, 0) is 30.5 Å². The van der Waals surface area contributed by atoms with Crippen LogP contribution in [-0.4, -0.2) is 24.0 Å². The first kappa shape index (κ1) is 16.0. The summed E-state index contributed by atoms with van der Waals surface area (Å²) in [7, 11) is 0. The Bertz CT molecular complexity index is 567. The van der Waals surface area contributed by atoms with E-state index in [9.17, 15) is 4.79 Å². The third-order valence-electron chi connectivity index (χ3n) is 3.40. The molecule has 4 heteroatoms. The molecule has 0 fully saturated rings. The minimum absolute atomic E-state index is 0.107. The maximum absolute atomic E-state index is 11.8. The molecule has 2 N–H and O–H groups in total. The Balaban J connectivity index is 1.78. The average Bonchev–Trinajstić information content (AvgIpc) is 2.56. The number of unbranched alkanes of at least 4 members (excludes halogenated alkanes) is 1. The molecule has 0 unspecified atom stereocenters. The number of hydrogen-bond acceptors (Lipinski definition) is 3. The molecule has 22 heavy (non-hydrogen) atoms. The number of carbonyl (C=O) groups excluding carboxylic acids is 1. The number of amides is 1. The van der Waals surface area contributed by atoms with Crippen molar-refractivity contribution in [3.05, 3.63) is 59.9 Å². The van der Waals surface area contributed by atoms with Gasteiger partial charge >= 0.3 is 0 Å². The van der Waals surface area contributed by atoms with Crippen LogP contribution in [0.2, 0.25) is 0 Å². The number of aromatic nitrogens is 1. The predicted octanol–water partition coefficient (Wildman–Crippen LogP) is 3.27. The van der Waals surface area contributed by atoms with Crippen LogP contribution in [0.5, 0.6) is 0 Å². The third-order valence-corrected chi connectivity index (χ3v) is 3.40. The van der Waals surface area contributed by atoms with E-state index in [1.807, 2.05) is 24.3 Å². The lowest BCUT2D eigenvalue weighted by Gasteiger charge is -2.07. The van der Waals surface area contributed by atoms with E-state index in [2.05, 4.69) is 34.7 Å². The number of rotatable bonds is 8. The van der Waals surface area contributed by atoms with Gasteiger partial charge in [-0.25, -0.2) is 4.98 Å². The van der Waals surface area contributed by atoms with E-state index in [0.717, 1.165) is 31.5 Å². The molecule has 1 aromatic heterocycles. The summed E-state index contributed by atoms with van der Waals surface area (Å²) in [4.78, 5) is 16.0. The highest BCUT2D eigenvalue weighted by molar-refractivity contribution is 5.92. The molecule has 0 radical (unpaired) electrons. The largest absolute Gasteiger partial charge is 0.383 e. The Morgan fingerprint density at radius 3 is 2.59 bits per heavy atom. The van der Waals surface area contributed by atoms with Crippen molar-refractivity contribution in [1.29, 1.82) is 0 Å². The van der Waals surface area contributed by atoms with Gasteiger partial charge in [0, 0.05) is 13.1 Å². The summed E-state index contributed by atoms with van der Waals surface area (Å²) in [6.07, 6.45) is 4.72. The van der Waals surface area contributed by atoms with Gasteiger partial charge in [0.2, 0.25) is 0 Å². The van der Waals surface area contributed by atoms with Crippen LogP contribution in [0.1, 0.15) is 35.8 Å². The molecule has 2 aromatic rings. The Labute approximate surface area is 132 Å². The van der Waals surface area contributed by atoms with Crippen molar-refractivity contribution in [3.8, 4) is 0 Å². The van der Waals surface area contributed by atoms with E-state index in [0.29, 0.717) is 12.2 Å². The lowest BCUT2D eigenvalue weighted by molar-refractivity contribution is 0.0948. The maximum atomic E-state index is 11.8. The monoisotopic (exact) mass is 297 g/mol. The lowest BCUT2D eigenvalue weighted by atomic mass is 10.1. The van der Waals surface area contributed by atoms with E-state index >= 15 is 0 Å². The summed E-state index contributed by atoms with van der Waals surface area (Å²) in [6, 6.07) is 14.0. The summed E-state index contributed by atoms with van der Waals surface area (Å²) >= 11 is 0. The average molecular weight is 297 g/mol. The van der Waals surface area contributed by atoms with Gasteiger partial charge in [0.05, 0.1) is 11.9 Å². The molecule has 0 aliphatic rings. The molecule has 0 saturated heterocycles. The van der Waals surface area contributed by atoms with Crippen molar-refractivity contribution in [2.75, 3.05) is 18.4 Å². The van der Waals surface area contributed by atoms with Gasteiger partial charge in [0.1, 0.15) is 5.69 Å². The molecular formula is C18H23N3O. The third kappa shape index (κ3) is 5.20. The number of benzene rings is 1. The number of nitrogens with zero attached hydrogens (tertiary/aromatic N) is 1. The van der Waals surface area contributed by atoms with Crippen molar-refractivity contribution in [2.45, 2.75) is 26.2 Å². The van der Waals surface area contributed by atoms with E-state index in [-0.39, 0.29) is 5.91 Å². The van der Waals surface area contributed by atoms with Gasteiger partial charge in [-0.3, -0.25) is 4.79 Å². The number of anilines is 1. The van der Waals surface area contributed by atoms with Gasteiger partial charge in [0.15, 0.2) is 0 Å². The second kappa shape index (κ2) is 8.82. The molecule has 2 rings (SSSR count). The molecule has 0 aliphatic heterocycles. The Kier molecular flexibility index (Phi) is 6.42. The van der Waals surface area contributed by atoms with Crippen LogP contribution in [0.3, 0.4) is 0 Å². The quantitative estimate of drug-likeness (QED) is 0.735. The normalized spacial score (nSPS) is 10.2. The summed E-state index contributed by atoms with van der Waals surface area (Å²) in [5, 5.41) is 6.18. The number of pyridine rings is 1. The maximum Gasteiger partial charge on any atom is 0.269 e. The molecule has 0 atom stereocenters. The van der Waals surface area contributed by atoms with E-state index in [1.165, 1.54) is 5.56 Å². The highest BCUT2D eigenvalue weighted by Gasteiger charge is 2.05. The van der Waals surface area contributed by atoms with Crippen molar-refractivity contribution >= 4 is 11.6 Å². The lowest BCUT2D eigenvalue weighted by Crippen LogP contribution is -2.25. The molecular weight excluding hydrogens is 274 g/mol. The Hall–Kier alpha value is -2.36. The van der Waals surface area contributed by atoms with E-state index in [1.54, 1.807) is 12.3 Å². The second-order valence-corrected chi connectivity index (χ2v) is 5.20. The number of hydrogen-bond donors (Lipinski definition) is 2. The molecule has 116 valence electrons. The van der Waals surface area contributed by atoms with Crippen molar-refractivity contribution in [2.24, 2.45) is 0 Å². The van der Waals surface area contributed by atoms with Crippen LogP contribution in [0.25, 0.3) is 0 Å². The Morgan fingerprint density at radius 1 is 1.09 bits per heavy atom. The minimum atomic E-state index is -0.107. The van der Waals surface area contributed by atoms with Crippen LogP contribution >= 0.6 is 0 Å². The molecule has 0 aliphatic carbocycles. The number of nitrogens with one attached hydrogen (secondary N) is 2. The first-order valence-corrected chi connectivity index (χ1v) is 7.81. The van der Waals surface area contributed by atoms with Gasteiger partial charge in [-0.1, -0.05) is 43.7 Å². The van der Waals surface area contributed by atoms with Gasteiger partial charge in [-0.2, -0.15) is 0 Å². The smallest absolute Gasteiger partial charge is 0.269 e. The zero-order chi connectivity index (χ0) is 15.6. The Morgan fingerprint density at radius 2 is 1.91 bits per heavy atom. The molecule has 0 spiro atoms. The fraction of sp³-hybridized carbons (Fsp3) is 0.333. The minimum Gasteiger partial charge on any atom is -0.383 e. The van der Waals surface area contributed by atoms with Crippen molar-refractivity contribution in [3.63, 3.8) is 0 Å². The predicted molar refractivity (Wildman–Crippen MR) is 90.1 cm³/mol. The fourth-order valence-corrected chi connectivity index (χ4v) is 2.10. The highest BCUT2D eigenvalue weighted by Crippen LogP contribution is 2.07. The van der Waals surface area contributed by atoms with Crippen molar-refractivity contribution in [1.82, 2.24) is 10.3 Å². The zero-order valence-electron chi connectivity index (χ0n) is 13.0.